The molecule has 1 rings (SSSR count). The Morgan fingerprint density at radius 2 is 1.94 bits per heavy atom. The molecule has 0 saturated carbocycles. The lowest BCUT2D eigenvalue weighted by molar-refractivity contribution is -0.125. The number of carbonyl (C=O) groups excluding carboxylic acids is 2. The average Bonchev–Trinajstić information content (AvgIpc) is 2.31. The number of carbonyl (C=O) groups is 2. The SMILES string of the molecule is CCNC(=O)CC(Nc1ccc(Br)cc1)C(N)=O. The first-order chi connectivity index (χ1) is 8.52. The summed E-state index contributed by atoms with van der Waals surface area (Å²) >= 11 is 3.32. The van der Waals surface area contributed by atoms with Crippen molar-refractivity contribution in [2.45, 2.75) is 19.4 Å². The number of rotatable bonds is 6. The van der Waals surface area contributed by atoms with Gasteiger partial charge in [0.25, 0.3) is 0 Å². The van der Waals surface area contributed by atoms with E-state index in [0.717, 1.165) is 10.2 Å². The van der Waals surface area contributed by atoms with Gasteiger partial charge in [-0.25, -0.2) is 0 Å². The minimum Gasteiger partial charge on any atom is -0.373 e. The molecule has 1 atom stereocenters. The Morgan fingerprint density at radius 1 is 1.33 bits per heavy atom. The summed E-state index contributed by atoms with van der Waals surface area (Å²) in [6.07, 6.45) is 0.0270. The highest BCUT2D eigenvalue weighted by atomic mass is 79.9. The Balaban J connectivity index is 2.65. The minimum absolute atomic E-state index is 0.0270. The molecule has 0 radical (unpaired) electrons. The first-order valence-corrected chi connectivity index (χ1v) is 6.40. The summed E-state index contributed by atoms with van der Waals surface area (Å²) in [6, 6.07) is 6.58. The van der Waals surface area contributed by atoms with Crippen molar-refractivity contribution in [2.75, 3.05) is 11.9 Å². The van der Waals surface area contributed by atoms with Crippen molar-refractivity contribution in [3.05, 3.63) is 28.7 Å². The fourth-order valence-corrected chi connectivity index (χ4v) is 1.69. The van der Waals surface area contributed by atoms with Gasteiger partial charge in [-0.1, -0.05) is 15.9 Å². The van der Waals surface area contributed by atoms with Crippen molar-refractivity contribution in [3.63, 3.8) is 0 Å². The normalized spacial score (nSPS) is 11.7. The van der Waals surface area contributed by atoms with E-state index < -0.39 is 11.9 Å². The molecule has 5 nitrogen and oxygen atoms in total. The smallest absolute Gasteiger partial charge is 0.240 e. The van der Waals surface area contributed by atoms with Crippen LogP contribution < -0.4 is 16.4 Å². The molecule has 0 fully saturated rings. The Hall–Kier alpha value is -1.56. The van der Waals surface area contributed by atoms with E-state index in [1.165, 1.54) is 0 Å². The summed E-state index contributed by atoms with van der Waals surface area (Å²) in [4.78, 5) is 22.7. The van der Waals surface area contributed by atoms with E-state index in [1.54, 1.807) is 12.1 Å². The monoisotopic (exact) mass is 313 g/mol. The molecule has 1 aromatic carbocycles. The Labute approximate surface area is 114 Å². The van der Waals surface area contributed by atoms with Crippen LogP contribution >= 0.6 is 15.9 Å². The summed E-state index contributed by atoms with van der Waals surface area (Å²) in [5.41, 5.74) is 6.01. The quantitative estimate of drug-likeness (QED) is 0.738. The van der Waals surface area contributed by atoms with Crippen molar-refractivity contribution in [3.8, 4) is 0 Å². The molecule has 98 valence electrons. The summed E-state index contributed by atoms with van der Waals surface area (Å²) in [5, 5.41) is 5.57. The summed E-state index contributed by atoms with van der Waals surface area (Å²) in [6.45, 7) is 2.35. The second-order valence-corrected chi connectivity index (χ2v) is 4.68. The largest absolute Gasteiger partial charge is 0.373 e. The molecule has 1 aromatic rings. The number of primary amides is 1. The van der Waals surface area contributed by atoms with Gasteiger partial charge in [-0.3, -0.25) is 9.59 Å². The van der Waals surface area contributed by atoms with Crippen LogP contribution in [0.5, 0.6) is 0 Å². The van der Waals surface area contributed by atoms with Gasteiger partial charge in [0.15, 0.2) is 0 Å². The molecule has 0 aliphatic rings. The minimum atomic E-state index is -0.710. The zero-order valence-electron chi connectivity index (χ0n) is 10.1. The van der Waals surface area contributed by atoms with Crippen molar-refractivity contribution in [1.29, 1.82) is 0 Å². The second-order valence-electron chi connectivity index (χ2n) is 3.76. The highest BCUT2D eigenvalue weighted by Crippen LogP contribution is 2.15. The van der Waals surface area contributed by atoms with Crippen molar-refractivity contribution in [2.24, 2.45) is 5.73 Å². The summed E-state index contributed by atoms with van der Waals surface area (Å²) in [7, 11) is 0. The molecule has 1 unspecified atom stereocenters. The highest BCUT2D eigenvalue weighted by Gasteiger charge is 2.18. The third-order valence-electron chi connectivity index (χ3n) is 2.29. The molecule has 0 aliphatic carbocycles. The maximum absolute atomic E-state index is 11.4. The van der Waals surface area contributed by atoms with Crippen LogP contribution in [0.3, 0.4) is 0 Å². The number of anilines is 1. The number of nitrogens with two attached hydrogens (primary N) is 1. The van der Waals surface area contributed by atoms with Crippen molar-refractivity contribution < 1.29 is 9.59 Å². The lowest BCUT2D eigenvalue weighted by Gasteiger charge is -2.16. The van der Waals surface area contributed by atoms with Crippen molar-refractivity contribution >= 4 is 33.4 Å². The van der Waals surface area contributed by atoms with E-state index in [1.807, 2.05) is 19.1 Å². The topological polar surface area (TPSA) is 84.2 Å². The van der Waals surface area contributed by atoms with E-state index in [4.69, 9.17) is 5.73 Å². The van der Waals surface area contributed by atoms with Gasteiger partial charge < -0.3 is 16.4 Å². The summed E-state index contributed by atoms with van der Waals surface area (Å²) in [5.74, 6) is -0.755. The van der Waals surface area contributed by atoms with Crippen LogP contribution in [0, 0.1) is 0 Å². The van der Waals surface area contributed by atoms with E-state index in [2.05, 4.69) is 26.6 Å². The van der Waals surface area contributed by atoms with Gasteiger partial charge in [0.05, 0.1) is 6.42 Å². The highest BCUT2D eigenvalue weighted by molar-refractivity contribution is 9.10. The third kappa shape index (κ3) is 4.75. The predicted octanol–water partition coefficient (Wildman–Crippen LogP) is 1.24. The Morgan fingerprint density at radius 3 is 2.44 bits per heavy atom. The van der Waals surface area contributed by atoms with Crippen LogP contribution in [-0.2, 0) is 9.59 Å². The fourth-order valence-electron chi connectivity index (χ4n) is 1.42. The van der Waals surface area contributed by atoms with Crippen LogP contribution in [0.4, 0.5) is 5.69 Å². The van der Waals surface area contributed by atoms with Gasteiger partial charge in [0.2, 0.25) is 11.8 Å². The zero-order valence-corrected chi connectivity index (χ0v) is 11.7. The molecule has 0 saturated heterocycles. The third-order valence-corrected chi connectivity index (χ3v) is 2.82. The first kappa shape index (κ1) is 14.5. The van der Waals surface area contributed by atoms with Gasteiger partial charge in [-0.15, -0.1) is 0 Å². The molecule has 6 heteroatoms. The zero-order chi connectivity index (χ0) is 13.5. The molecule has 0 aliphatic heterocycles. The molecular formula is C12H16BrN3O2. The number of amides is 2. The second kappa shape index (κ2) is 7.00. The van der Waals surface area contributed by atoms with Gasteiger partial charge >= 0.3 is 0 Å². The van der Waals surface area contributed by atoms with Crippen LogP contribution in [0.15, 0.2) is 28.7 Å². The molecule has 0 heterocycles. The predicted molar refractivity (Wildman–Crippen MR) is 74.0 cm³/mol. The molecule has 18 heavy (non-hydrogen) atoms. The molecular weight excluding hydrogens is 298 g/mol. The number of nitrogens with one attached hydrogen (secondary N) is 2. The van der Waals surface area contributed by atoms with Gasteiger partial charge in [-0.05, 0) is 31.2 Å². The Bertz CT molecular complexity index is 420. The summed E-state index contributed by atoms with van der Waals surface area (Å²) < 4.78 is 0.937. The van der Waals surface area contributed by atoms with Crippen LogP contribution in [0.1, 0.15) is 13.3 Å². The van der Waals surface area contributed by atoms with Crippen LogP contribution in [0.25, 0.3) is 0 Å². The van der Waals surface area contributed by atoms with Gasteiger partial charge in [0.1, 0.15) is 6.04 Å². The standard InChI is InChI=1S/C12H16BrN3O2/c1-2-15-11(17)7-10(12(14)18)16-9-5-3-8(13)4-6-9/h3-6,10,16H,2,7H2,1H3,(H2,14,18)(H,15,17). The lowest BCUT2D eigenvalue weighted by atomic mass is 10.1. The van der Waals surface area contributed by atoms with E-state index >= 15 is 0 Å². The lowest BCUT2D eigenvalue weighted by Crippen LogP contribution is -2.40. The molecule has 2 amide bonds. The number of halogens is 1. The van der Waals surface area contributed by atoms with Crippen LogP contribution in [-0.4, -0.2) is 24.4 Å². The van der Waals surface area contributed by atoms with E-state index in [-0.39, 0.29) is 12.3 Å². The van der Waals surface area contributed by atoms with E-state index in [9.17, 15) is 9.59 Å². The molecule has 0 aromatic heterocycles. The number of benzene rings is 1. The molecule has 0 spiro atoms. The molecule has 0 bridgehead atoms. The maximum Gasteiger partial charge on any atom is 0.240 e. The average molecular weight is 314 g/mol. The number of hydrogen-bond acceptors (Lipinski definition) is 3. The Kier molecular flexibility index (Phi) is 5.64. The first-order valence-electron chi connectivity index (χ1n) is 5.61. The molecule has 4 N–H and O–H groups in total. The van der Waals surface area contributed by atoms with Gasteiger partial charge in [-0.2, -0.15) is 0 Å². The maximum atomic E-state index is 11.4. The van der Waals surface area contributed by atoms with E-state index in [0.29, 0.717) is 6.54 Å². The fraction of sp³-hybridized carbons (Fsp3) is 0.333. The van der Waals surface area contributed by atoms with Gasteiger partial charge in [0, 0.05) is 16.7 Å². The number of hydrogen-bond donors (Lipinski definition) is 3. The van der Waals surface area contributed by atoms with Crippen molar-refractivity contribution in [1.82, 2.24) is 5.32 Å². The van der Waals surface area contributed by atoms with Crippen LogP contribution in [0.2, 0.25) is 0 Å².